The third-order valence-electron chi connectivity index (χ3n) is 2.41. The molecule has 0 aliphatic rings. The van der Waals surface area contributed by atoms with Gasteiger partial charge < -0.3 is 21.5 Å². The van der Waals surface area contributed by atoms with Crippen molar-refractivity contribution in [2.75, 3.05) is 0 Å². The molecule has 1 heterocycles. The smallest absolute Gasteiger partial charge is 0.326 e. The van der Waals surface area contributed by atoms with Crippen molar-refractivity contribution in [1.29, 1.82) is 0 Å². The number of aromatic nitrogens is 2. The Bertz CT molecular complexity index is 473. The first-order valence-corrected chi connectivity index (χ1v) is 5.94. The highest BCUT2D eigenvalue weighted by atomic mass is 16.4. The lowest BCUT2D eigenvalue weighted by molar-refractivity contribution is -0.140. The Kier molecular flexibility index (Phi) is 5.51. The van der Waals surface area contributed by atoms with E-state index in [1.807, 2.05) is 0 Å². The van der Waals surface area contributed by atoms with Crippen molar-refractivity contribution >= 4 is 17.9 Å². The van der Waals surface area contributed by atoms with E-state index in [0.29, 0.717) is 6.54 Å². The van der Waals surface area contributed by atoms with E-state index in [1.54, 1.807) is 30.1 Å². The molecule has 0 bridgehead atoms. The van der Waals surface area contributed by atoms with Gasteiger partial charge >= 0.3 is 12.0 Å². The number of primary amides is 1. The molecule has 0 saturated heterocycles. The number of hydrogen-bond donors (Lipinski definition) is 4. The first kappa shape index (κ1) is 15.5. The molecule has 1 aromatic heterocycles. The summed E-state index contributed by atoms with van der Waals surface area (Å²) in [6.45, 7) is 2.18. The fourth-order valence-electron chi connectivity index (χ4n) is 1.56. The second-order valence-corrected chi connectivity index (χ2v) is 4.31. The summed E-state index contributed by atoms with van der Waals surface area (Å²) in [5.74, 6) is -2.12. The van der Waals surface area contributed by atoms with Gasteiger partial charge in [-0.05, 0) is 13.0 Å². The van der Waals surface area contributed by atoms with Gasteiger partial charge in [0.25, 0.3) is 0 Å². The summed E-state index contributed by atoms with van der Waals surface area (Å²) in [6, 6.07) is -0.541. The third kappa shape index (κ3) is 5.38. The fraction of sp³-hybridized carbons (Fsp3) is 0.455. The number of urea groups is 1. The summed E-state index contributed by atoms with van der Waals surface area (Å²) >= 11 is 0. The number of carbonyl (C=O) groups excluding carboxylic acids is 2. The zero-order chi connectivity index (χ0) is 15.1. The number of nitrogens with zero attached hydrogens (tertiary/aromatic N) is 2. The summed E-state index contributed by atoms with van der Waals surface area (Å²) < 4.78 is 1.63. The normalized spacial score (nSPS) is 13.2. The number of hydrogen-bond acceptors (Lipinski definition) is 4. The average molecular weight is 283 g/mol. The number of carbonyl (C=O) groups is 3. The maximum Gasteiger partial charge on any atom is 0.326 e. The monoisotopic (exact) mass is 283 g/mol. The molecule has 3 amide bonds. The van der Waals surface area contributed by atoms with Crippen LogP contribution in [0.5, 0.6) is 0 Å². The lowest BCUT2D eigenvalue weighted by Gasteiger charge is -2.17. The highest BCUT2D eigenvalue weighted by Gasteiger charge is 2.22. The topological polar surface area (TPSA) is 139 Å². The highest BCUT2D eigenvalue weighted by Crippen LogP contribution is 1.94. The maximum absolute atomic E-state index is 11.6. The Hall–Kier alpha value is -2.58. The summed E-state index contributed by atoms with van der Waals surface area (Å²) in [6.07, 6.45) is 2.89. The Morgan fingerprint density at radius 1 is 1.40 bits per heavy atom. The molecule has 0 saturated carbocycles. The molecule has 0 fully saturated rings. The number of aliphatic carboxylic acids is 1. The van der Waals surface area contributed by atoms with Crippen molar-refractivity contribution in [3.63, 3.8) is 0 Å². The van der Waals surface area contributed by atoms with Gasteiger partial charge in [-0.15, -0.1) is 0 Å². The predicted octanol–water partition coefficient (Wildman–Crippen LogP) is -1.10. The van der Waals surface area contributed by atoms with E-state index >= 15 is 0 Å². The van der Waals surface area contributed by atoms with Crippen LogP contribution in [0.4, 0.5) is 4.79 Å². The van der Waals surface area contributed by atoms with Crippen LogP contribution >= 0.6 is 0 Å². The minimum absolute atomic E-state index is 0.266. The lowest BCUT2D eigenvalue weighted by Crippen LogP contribution is -2.50. The second-order valence-electron chi connectivity index (χ2n) is 4.31. The van der Waals surface area contributed by atoms with Crippen LogP contribution in [0.3, 0.4) is 0 Å². The van der Waals surface area contributed by atoms with Crippen LogP contribution in [-0.2, 0) is 16.1 Å². The molecule has 9 heteroatoms. The predicted molar refractivity (Wildman–Crippen MR) is 68.6 cm³/mol. The van der Waals surface area contributed by atoms with Crippen molar-refractivity contribution in [2.24, 2.45) is 5.73 Å². The molecule has 20 heavy (non-hydrogen) atoms. The van der Waals surface area contributed by atoms with Gasteiger partial charge in [-0.2, -0.15) is 5.10 Å². The molecule has 0 spiro atoms. The quantitative estimate of drug-likeness (QED) is 0.503. The number of nitrogens with two attached hydrogens (primary N) is 1. The number of carboxylic acid groups (broad SMARTS) is 1. The zero-order valence-electron chi connectivity index (χ0n) is 10.9. The molecule has 0 aliphatic carbocycles. The van der Waals surface area contributed by atoms with Crippen LogP contribution in [0.2, 0.25) is 0 Å². The summed E-state index contributed by atoms with van der Waals surface area (Å²) in [5.41, 5.74) is 4.91. The Labute approximate surface area is 115 Å². The van der Waals surface area contributed by atoms with Crippen molar-refractivity contribution in [1.82, 2.24) is 20.4 Å². The van der Waals surface area contributed by atoms with E-state index in [4.69, 9.17) is 10.8 Å². The van der Waals surface area contributed by atoms with Crippen LogP contribution in [0.25, 0.3) is 0 Å². The van der Waals surface area contributed by atoms with E-state index in [1.165, 1.54) is 0 Å². The van der Waals surface area contributed by atoms with Crippen molar-refractivity contribution < 1.29 is 19.5 Å². The van der Waals surface area contributed by atoms with Gasteiger partial charge in [-0.1, -0.05) is 0 Å². The SMILES string of the molecule is CC(Cn1cccn1)NC(=O)N[C@H](CC(N)=O)C(=O)O. The minimum atomic E-state index is -1.34. The molecule has 0 radical (unpaired) electrons. The maximum atomic E-state index is 11.6. The molecule has 110 valence electrons. The van der Waals surface area contributed by atoms with Gasteiger partial charge in [0.15, 0.2) is 0 Å². The molecular formula is C11H17N5O4. The van der Waals surface area contributed by atoms with Crippen LogP contribution in [-0.4, -0.2) is 44.9 Å². The molecule has 9 nitrogen and oxygen atoms in total. The summed E-state index contributed by atoms with van der Waals surface area (Å²) in [7, 11) is 0. The highest BCUT2D eigenvalue weighted by molar-refractivity contribution is 5.87. The minimum Gasteiger partial charge on any atom is -0.480 e. The van der Waals surface area contributed by atoms with Gasteiger partial charge in [0, 0.05) is 18.4 Å². The molecule has 0 aliphatic heterocycles. The van der Waals surface area contributed by atoms with Gasteiger partial charge in [-0.25, -0.2) is 9.59 Å². The Morgan fingerprint density at radius 3 is 2.60 bits per heavy atom. The van der Waals surface area contributed by atoms with Crippen LogP contribution in [0, 0.1) is 0 Å². The van der Waals surface area contributed by atoms with Crippen LogP contribution in [0.15, 0.2) is 18.5 Å². The molecule has 2 atom stereocenters. The molecule has 1 aromatic rings. The molecule has 1 unspecified atom stereocenters. The second kappa shape index (κ2) is 7.12. The number of rotatable bonds is 7. The molecular weight excluding hydrogens is 266 g/mol. The van der Waals surface area contributed by atoms with E-state index in [-0.39, 0.29) is 6.04 Å². The molecule has 1 rings (SSSR count). The molecule has 5 N–H and O–H groups in total. The lowest BCUT2D eigenvalue weighted by atomic mass is 10.2. The van der Waals surface area contributed by atoms with E-state index in [0.717, 1.165) is 0 Å². The average Bonchev–Trinajstić information content (AvgIpc) is 2.79. The van der Waals surface area contributed by atoms with Crippen molar-refractivity contribution in [3.8, 4) is 0 Å². The fourth-order valence-corrected chi connectivity index (χ4v) is 1.56. The standard InChI is InChI=1S/C11H17N5O4/c1-7(6-16-4-2-3-13-16)14-11(20)15-8(10(18)19)5-9(12)17/h2-4,7-8H,5-6H2,1H3,(H2,12,17)(H,18,19)(H2,14,15,20)/t7?,8-/m1/s1. The summed E-state index contributed by atoms with van der Waals surface area (Å²) in [5, 5.41) is 17.6. The number of carboxylic acids is 1. The number of nitrogens with one attached hydrogen (secondary N) is 2. The van der Waals surface area contributed by atoms with Crippen molar-refractivity contribution in [2.45, 2.75) is 32.0 Å². The van der Waals surface area contributed by atoms with E-state index in [9.17, 15) is 14.4 Å². The van der Waals surface area contributed by atoms with E-state index in [2.05, 4.69) is 15.7 Å². The van der Waals surface area contributed by atoms with Gasteiger partial charge in [0.05, 0.1) is 13.0 Å². The first-order valence-electron chi connectivity index (χ1n) is 5.94. The van der Waals surface area contributed by atoms with Gasteiger partial charge in [-0.3, -0.25) is 9.48 Å². The largest absolute Gasteiger partial charge is 0.480 e. The van der Waals surface area contributed by atoms with Gasteiger partial charge in [0.2, 0.25) is 5.91 Å². The first-order chi connectivity index (χ1) is 9.38. The third-order valence-corrected chi connectivity index (χ3v) is 2.41. The van der Waals surface area contributed by atoms with Gasteiger partial charge in [0.1, 0.15) is 6.04 Å². The van der Waals surface area contributed by atoms with Crippen LogP contribution < -0.4 is 16.4 Å². The summed E-state index contributed by atoms with van der Waals surface area (Å²) in [4.78, 5) is 33.2. The number of amides is 3. The Balaban J connectivity index is 2.44. The van der Waals surface area contributed by atoms with E-state index < -0.39 is 30.4 Å². The Morgan fingerprint density at radius 2 is 2.10 bits per heavy atom. The zero-order valence-corrected chi connectivity index (χ0v) is 10.9. The van der Waals surface area contributed by atoms with Crippen molar-refractivity contribution in [3.05, 3.63) is 18.5 Å². The molecule has 0 aromatic carbocycles. The van der Waals surface area contributed by atoms with Crippen LogP contribution in [0.1, 0.15) is 13.3 Å².